The van der Waals surface area contributed by atoms with Crippen molar-refractivity contribution < 1.29 is 4.42 Å². The van der Waals surface area contributed by atoms with Gasteiger partial charge in [0.2, 0.25) is 0 Å². The summed E-state index contributed by atoms with van der Waals surface area (Å²) in [6.07, 6.45) is 1.63. The monoisotopic (exact) mass is 252 g/mol. The number of halogens is 1. The molecule has 0 fully saturated rings. The minimum absolute atomic E-state index is 0.524. The van der Waals surface area contributed by atoms with Crippen molar-refractivity contribution in [2.45, 2.75) is 0 Å². The Bertz CT molecular complexity index is 439. The highest BCUT2D eigenvalue weighted by atomic mass is 79.9. The van der Waals surface area contributed by atoms with E-state index < -0.39 is 0 Å². The second-order valence-corrected chi connectivity index (χ2v) is 3.62. The quantitative estimate of drug-likeness (QED) is 0.893. The van der Waals surface area contributed by atoms with Crippen LogP contribution in [0.25, 0.3) is 11.3 Å². The lowest BCUT2D eigenvalue weighted by atomic mass is 10.2. The third-order valence-corrected chi connectivity index (χ3v) is 2.56. The Hall–Kier alpha value is -1.29. The molecule has 2 rings (SSSR count). The summed E-state index contributed by atoms with van der Waals surface area (Å²) in [5.74, 6) is 0. The molecule has 3 nitrogen and oxygen atoms in total. The first kappa shape index (κ1) is 9.27. The van der Waals surface area contributed by atoms with Gasteiger partial charge in [0.1, 0.15) is 12.0 Å². The van der Waals surface area contributed by atoms with E-state index in [1.54, 1.807) is 13.3 Å². The van der Waals surface area contributed by atoms with Gasteiger partial charge in [-0.2, -0.15) is 4.98 Å². The van der Waals surface area contributed by atoms with Crippen LogP contribution in [0.3, 0.4) is 0 Å². The summed E-state index contributed by atoms with van der Waals surface area (Å²) < 4.78 is 6.19. The first-order valence-electron chi connectivity index (χ1n) is 4.19. The zero-order valence-corrected chi connectivity index (χ0v) is 9.21. The lowest BCUT2D eigenvalue weighted by molar-refractivity contribution is 0.576. The molecule has 4 heteroatoms. The van der Waals surface area contributed by atoms with E-state index in [-0.39, 0.29) is 0 Å². The maximum Gasteiger partial charge on any atom is 0.294 e. The molecule has 14 heavy (non-hydrogen) atoms. The van der Waals surface area contributed by atoms with E-state index in [1.165, 1.54) is 0 Å². The third-order valence-electron chi connectivity index (χ3n) is 1.87. The maximum absolute atomic E-state index is 5.18. The minimum Gasteiger partial charge on any atom is -0.432 e. The number of hydrogen-bond acceptors (Lipinski definition) is 3. The topological polar surface area (TPSA) is 38.1 Å². The van der Waals surface area contributed by atoms with E-state index in [1.807, 2.05) is 24.3 Å². The van der Waals surface area contributed by atoms with Gasteiger partial charge in [0.25, 0.3) is 6.01 Å². The molecule has 0 bridgehead atoms. The summed E-state index contributed by atoms with van der Waals surface area (Å²) in [6, 6.07) is 8.42. The number of benzene rings is 1. The maximum atomic E-state index is 5.18. The van der Waals surface area contributed by atoms with E-state index in [0.29, 0.717) is 6.01 Å². The fourth-order valence-electron chi connectivity index (χ4n) is 1.18. The molecular formula is C10H9BrN2O. The van der Waals surface area contributed by atoms with E-state index in [2.05, 4.69) is 26.2 Å². The van der Waals surface area contributed by atoms with Gasteiger partial charge < -0.3 is 9.73 Å². The molecule has 0 aliphatic heterocycles. The third kappa shape index (κ3) is 1.65. The molecule has 0 atom stereocenters. The second-order valence-electron chi connectivity index (χ2n) is 2.77. The van der Waals surface area contributed by atoms with E-state index in [4.69, 9.17) is 4.42 Å². The van der Waals surface area contributed by atoms with Gasteiger partial charge in [0, 0.05) is 17.1 Å². The lowest BCUT2D eigenvalue weighted by Gasteiger charge is -1.97. The second kappa shape index (κ2) is 3.84. The summed E-state index contributed by atoms with van der Waals surface area (Å²) in [6.45, 7) is 0. The minimum atomic E-state index is 0.524. The number of nitrogens with zero attached hydrogens (tertiary/aromatic N) is 1. The molecule has 2 aromatic rings. The van der Waals surface area contributed by atoms with Crippen molar-refractivity contribution in [3.8, 4) is 11.3 Å². The van der Waals surface area contributed by atoms with Crippen LogP contribution < -0.4 is 5.32 Å². The molecular weight excluding hydrogens is 244 g/mol. The molecule has 0 saturated heterocycles. The molecule has 1 heterocycles. The van der Waals surface area contributed by atoms with Crippen LogP contribution in [0.5, 0.6) is 0 Å². The first-order chi connectivity index (χ1) is 6.81. The average molecular weight is 253 g/mol. The number of hydrogen-bond donors (Lipinski definition) is 1. The highest BCUT2D eigenvalue weighted by molar-refractivity contribution is 9.10. The normalized spacial score (nSPS) is 10.1. The SMILES string of the molecule is CNc1nc(-c2ccccc2Br)co1. The van der Waals surface area contributed by atoms with Gasteiger partial charge in [-0.15, -0.1) is 0 Å². The Morgan fingerprint density at radius 1 is 1.36 bits per heavy atom. The standard InChI is InChI=1S/C10H9BrN2O/c1-12-10-13-9(6-14-10)7-4-2-3-5-8(7)11/h2-6H,1H3,(H,12,13). The van der Waals surface area contributed by atoms with E-state index in [9.17, 15) is 0 Å². The Morgan fingerprint density at radius 2 is 2.14 bits per heavy atom. The van der Waals surface area contributed by atoms with Gasteiger partial charge in [-0.3, -0.25) is 0 Å². The van der Waals surface area contributed by atoms with Crippen LogP contribution in [0, 0.1) is 0 Å². The van der Waals surface area contributed by atoms with Gasteiger partial charge in [-0.1, -0.05) is 34.1 Å². The lowest BCUT2D eigenvalue weighted by Crippen LogP contribution is -1.87. The van der Waals surface area contributed by atoms with E-state index >= 15 is 0 Å². The highest BCUT2D eigenvalue weighted by Crippen LogP contribution is 2.27. The number of oxazole rings is 1. The van der Waals surface area contributed by atoms with Crippen molar-refractivity contribution in [3.05, 3.63) is 35.0 Å². The largest absolute Gasteiger partial charge is 0.432 e. The van der Waals surface area contributed by atoms with Crippen LogP contribution in [0.15, 0.2) is 39.4 Å². The van der Waals surface area contributed by atoms with Crippen molar-refractivity contribution in [2.75, 3.05) is 12.4 Å². The number of rotatable bonds is 2. The number of aromatic nitrogens is 1. The Kier molecular flexibility index (Phi) is 2.54. The zero-order chi connectivity index (χ0) is 9.97. The summed E-state index contributed by atoms with van der Waals surface area (Å²) >= 11 is 3.46. The molecule has 0 unspecified atom stereocenters. The highest BCUT2D eigenvalue weighted by Gasteiger charge is 2.07. The summed E-state index contributed by atoms with van der Waals surface area (Å²) in [7, 11) is 1.77. The summed E-state index contributed by atoms with van der Waals surface area (Å²) in [4.78, 5) is 4.25. The first-order valence-corrected chi connectivity index (χ1v) is 4.99. The Labute approximate surface area is 90.3 Å². The molecule has 0 amide bonds. The van der Waals surface area contributed by atoms with Gasteiger partial charge in [-0.05, 0) is 6.07 Å². The molecule has 72 valence electrons. The predicted octanol–water partition coefficient (Wildman–Crippen LogP) is 3.15. The predicted molar refractivity (Wildman–Crippen MR) is 59.2 cm³/mol. The van der Waals surface area contributed by atoms with Crippen molar-refractivity contribution in [3.63, 3.8) is 0 Å². The Balaban J connectivity index is 2.44. The molecule has 0 aliphatic rings. The van der Waals surface area contributed by atoms with Crippen LogP contribution in [0.2, 0.25) is 0 Å². The fourth-order valence-corrected chi connectivity index (χ4v) is 1.67. The van der Waals surface area contributed by atoms with Crippen LogP contribution in [0.1, 0.15) is 0 Å². The van der Waals surface area contributed by atoms with Crippen molar-refractivity contribution in [1.29, 1.82) is 0 Å². The van der Waals surface area contributed by atoms with Crippen molar-refractivity contribution in [1.82, 2.24) is 4.98 Å². The molecule has 1 N–H and O–H groups in total. The number of nitrogens with one attached hydrogen (secondary N) is 1. The van der Waals surface area contributed by atoms with Crippen LogP contribution in [-0.2, 0) is 0 Å². The molecule has 0 radical (unpaired) electrons. The van der Waals surface area contributed by atoms with Crippen LogP contribution in [-0.4, -0.2) is 12.0 Å². The molecule has 0 spiro atoms. The van der Waals surface area contributed by atoms with Gasteiger partial charge in [0.15, 0.2) is 0 Å². The van der Waals surface area contributed by atoms with Crippen molar-refractivity contribution in [2.24, 2.45) is 0 Å². The molecule has 0 saturated carbocycles. The molecule has 1 aromatic heterocycles. The van der Waals surface area contributed by atoms with Crippen molar-refractivity contribution >= 4 is 21.9 Å². The molecule has 1 aromatic carbocycles. The van der Waals surface area contributed by atoms with Gasteiger partial charge in [0.05, 0.1) is 0 Å². The smallest absolute Gasteiger partial charge is 0.294 e. The molecule has 0 aliphatic carbocycles. The summed E-state index contributed by atoms with van der Waals surface area (Å²) in [5, 5.41) is 2.84. The van der Waals surface area contributed by atoms with Crippen LogP contribution in [0.4, 0.5) is 6.01 Å². The fraction of sp³-hybridized carbons (Fsp3) is 0.100. The average Bonchev–Trinajstić information content (AvgIpc) is 2.67. The summed E-state index contributed by atoms with van der Waals surface area (Å²) in [5.41, 5.74) is 1.85. The zero-order valence-electron chi connectivity index (χ0n) is 7.62. The van der Waals surface area contributed by atoms with Gasteiger partial charge in [-0.25, -0.2) is 0 Å². The Morgan fingerprint density at radius 3 is 2.79 bits per heavy atom. The number of anilines is 1. The van der Waals surface area contributed by atoms with E-state index in [0.717, 1.165) is 15.7 Å². The van der Waals surface area contributed by atoms with Crippen LogP contribution >= 0.6 is 15.9 Å². The van der Waals surface area contributed by atoms with Gasteiger partial charge >= 0.3 is 0 Å².